The van der Waals surface area contributed by atoms with Crippen molar-refractivity contribution in [1.29, 1.82) is 0 Å². The first-order valence-electron chi connectivity index (χ1n) is 5.15. The van der Waals surface area contributed by atoms with E-state index in [9.17, 15) is 0 Å². The Morgan fingerprint density at radius 3 is 2.62 bits per heavy atom. The van der Waals surface area contributed by atoms with Gasteiger partial charge in [-0.15, -0.1) is 0 Å². The minimum absolute atomic E-state index is 0.0253. The zero-order chi connectivity index (χ0) is 11.4. The lowest BCUT2D eigenvalue weighted by Gasteiger charge is -2.11. The SMILES string of the molecule is NC(Cc1cncc(Br)c1)c1ccccc1. The molecular weight excluding hydrogens is 264 g/mol. The Kier molecular flexibility index (Phi) is 3.70. The standard InChI is InChI=1S/C13H13BrN2/c14-12-6-10(8-16-9-12)7-13(15)11-4-2-1-3-5-11/h1-6,8-9,13H,7,15H2. The summed E-state index contributed by atoms with van der Waals surface area (Å²) in [6.07, 6.45) is 4.43. The molecule has 0 aliphatic heterocycles. The molecule has 0 fully saturated rings. The highest BCUT2D eigenvalue weighted by Gasteiger charge is 2.06. The van der Waals surface area contributed by atoms with Crippen molar-refractivity contribution in [3.05, 3.63) is 64.4 Å². The lowest BCUT2D eigenvalue weighted by molar-refractivity contribution is 0.719. The monoisotopic (exact) mass is 276 g/mol. The number of hydrogen-bond acceptors (Lipinski definition) is 2. The average molecular weight is 277 g/mol. The highest BCUT2D eigenvalue weighted by Crippen LogP contribution is 2.17. The largest absolute Gasteiger partial charge is 0.324 e. The molecule has 2 nitrogen and oxygen atoms in total. The summed E-state index contributed by atoms with van der Waals surface area (Å²) in [6, 6.07) is 12.2. The van der Waals surface area contributed by atoms with Crippen LogP contribution in [0, 0.1) is 0 Å². The van der Waals surface area contributed by atoms with Crippen molar-refractivity contribution in [3.63, 3.8) is 0 Å². The second-order valence-corrected chi connectivity index (χ2v) is 4.65. The Hall–Kier alpha value is -1.19. The van der Waals surface area contributed by atoms with Gasteiger partial charge in [0.15, 0.2) is 0 Å². The number of nitrogens with zero attached hydrogens (tertiary/aromatic N) is 1. The molecule has 2 aromatic rings. The smallest absolute Gasteiger partial charge is 0.0410 e. The fourth-order valence-electron chi connectivity index (χ4n) is 1.64. The van der Waals surface area contributed by atoms with Gasteiger partial charge in [0.1, 0.15) is 0 Å². The number of nitrogens with two attached hydrogens (primary N) is 1. The maximum atomic E-state index is 6.13. The van der Waals surface area contributed by atoms with Crippen LogP contribution in [0.15, 0.2) is 53.3 Å². The van der Waals surface area contributed by atoms with Crippen LogP contribution in [0.3, 0.4) is 0 Å². The number of pyridine rings is 1. The summed E-state index contributed by atoms with van der Waals surface area (Å²) < 4.78 is 0.991. The Bertz CT molecular complexity index is 456. The van der Waals surface area contributed by atoms with Crippen LogP contribution < -0.4 is 5.73 Å². The molecule has 0 aliphatic carbocycles. The van der Waals surface area contributed by atoms with Gasteiger partial charge in [0, 0.05) is 22.9 Å². The lowest BCUT2D eigenvalue weighted by atomic mass is 10.0. The van der Waals surface area contributed by atoms with Gasteiger partial charge >= 0.3 is 0 Å². The third kappa shape index (κ3) is 2.90. The molecule has 0 spiro atoms. The van der Waals surface area contributed by atoms with Crippen molar-refractivity contribution in [2.75, 3.05) is 0 Å². The number of rotatable bonds is 3. The first-order chi connectivity index (χ1) is 7.75. The summed E-state index contributed by atoms with van der Waals surface area (Å²) in [5.74, 6) is 0. The molecule has 16 heavy (non-hydrogen) atoms. The summed E-state index contributed by atoms with van der Waals surface area (Å²) in [5, 5.41) is 0. The van der Waals surface area contributed by atoms with E-state index >= 15 is 0 Å². The summed E-state index contributed by atoms with van der Waals surface area (Å²) in [5.41, 5.74) is 8.43. The molecule has 82 valence electrons. The molecular formula is C13H13BrN2. The lowest BCUT2D eigenvalue weighted by Crippen LogP contribution is -2.13. The molecule has 0 bridgehead atoms. The van der Waals surface area contributed by atoms with Gasteiger partial charge in [-0.1, -0.05) is 30.3 Å². The first kappa shape index (κ1) is 11.3. The topological polar surface area (TPSA) is 38.9 Å². The van der Waals surface area contributed by atoms with Crippen LogP contribution in [0.4, 0.5) is 0 Å². The molecule has 2 N–H and O–H groups in total. The number of halogens is 1. The van der Waals surface area contributed by atoms with Crippen LogP contribution in [-0.4, -0.2) is 4.98 Å². The van der Waals surface area contributed by atoms with Crippen molar-refractivity contribution in [2.45, 2.75) is 12.5 Å². The second kappa shape index (κ2) is 5.23. The Labute approximate surface area is 104 Å². The summed E-state index contributed by atoms with van der Waals surface area (Å²) in [4.78, 5) is 4.13. The minimum Gasteiger partial charge on any atom is -0.324 e. The average Bonchev–Trinajstić information content (AvgIpc) is 2.30. The second-order valence-electron chi connectivity index (χ2n) is 3.73. The fourth-order valence-corrected chi connectivity index (χ4v) is 2.05. The molecule has 0 amide bonds. The van der Waals surface area contributed by atoms with Gasteiger partial charge in [-0.05, 0) is 39.5 Å². The maximum absolute atomic E-state index is 6.13. The van der Waals surface area contributed by atoms with E-state index in [0.717, 1.165) is 22.0 Å². The molecule has 0 aliphatic rings. The molecule has 1 aromatic heterocycles. The van der Waals surface area contributed by atoms with Crippen LogP contribution in [0.2, 0.25) is 0 Å². The number of benzene rings is 1. The zero-order valence-electron chi connectivity index (χ0n) is 8.81. The van der Waals surface area contributed by atoms with E-state index in [4.69, 9.17) is 5.73 Å². The number of hydrogen-bond donors (Lipinski definition) is 1. The van der Waals surface area contributed by atoms with Crippen LogP contribution in [-0.2, 0) is 6.42 Å². The van der Waals surface area contributed by atoms with Crippen molar-refractivity contribution in [2.24, 2.45) is 5.73 Å². The zero-order valence-corrected chi connectivity index (χ0v) is 10.4. The first-order valence-corrected chi connectivity index (χ1v) is 5.95. The molecule has 1 aromatic carbocycles. The van der Waals surface area contributed by atoms with Crippen LogP contribution >= 0.6 is 15.9 Å². The van der Waals surface area contributed by atoms with E-state index in [1.54, 1.807) is 6.20 Å². The molecule has 1 unspecified atom stereocenters. The van der Waals surface area contributed by atoms with E-state index in [2.05, 4.69) is 39.1 Å². The van der Waals surface area contributed by atoms with Crippen LogP contribution in [0.1, 0.15) is 17.2 Å². The predicted octanol–water partition coefficient (Wildman–Crippen LogP) is 3.09. The molecule has 0 saturated carbocycles. The van der Waals surface area contributed by atoms with Gasteiger partial charge in [-0.25, -0.2) is 0 Å². The third-order valence-electron chi connectivity index (χ3n) is 2.44. The fraction of sp³-hybridized carbons (Fsp3) is 0.154. The minimum atomic E-state index is 0.0253. The summed E-state index contributed by atoms with van der Waals surface area (Å²) in [7, 11) is 0. The van der Waals surface area contributed by atoms with E-state index in [1.165, 1.54) is 0 Å². The molecule has 1 heterocycles. The molecule has 1 atom stereocenters. The molecule has 0 radical (unpaired) electrons. The molecule has 0 saturated heterocycles. The highest BCUT2D eigenvalue weighted by atomic mass is 79.9. The van der Waals surface area contributed by atoms with Gasteiger partial charge in [0.2, 0.25) is 0 Å². The van der Waals surface area contributed by atoms with Crippen molar-refractivity contribution in [1.82, 2.24) is 4.98 Å². The Balaban J connectivity index is 2.11. The summed E-state index contributed by atoms with van der Waals surface area (Å²) >= 11 is 3.40. The van der Waals surface area contributed by atoms with E-state index in [1.807, 2.05) is 24.4 Å². The normalized spacial score (nSPS) is 12.4. The van der Waals surface area contributed by atoms with Crippen LogP contribution in [0.5, 0.6) is 0 Å². The highest BCUT2D eigenvalue weighted by molar-refractivity contribution is 9.10. The van der Waals surface area contributed by atoms with E-state index in [-0.39, 0.29) is 6.04 Å². The third-order valence-corrected chi connectivity index (χ3v) is 2.88. The van der Waals surface area contributed by atoms with Crippen molar-refractivity contribution < 1.29 is 0 Å². The van der Waals surface area contributed by atoms with Crippen molar-refractivity contribution >= 4 is 15.9 Å². The summed E-state index contributed by atoms with van der Waals surface area (Å²) in [6.45, 7) is 0. The van der Waals surface area contributed by atoms with E-state index in [0.29, 0.717) is 0 Å². The predicted molar refractivity (Wildman–Crippen MR) is 69.0 cm³/mol. The number of aromatic nitrogens is 1. The quantitative estimate of drug-likeness (QED) is 0.936. The van der Waals surface area contributed by atoms with Gasteiger partial charge < -0.3 is 5.73 Å². The Morgan fingerprint density at radius 1 is 1.19 bits per heavy atom. The molecule has 3 heteroatoms. The van der Waals surface area contributed by atoms with Crippen molar-refractivity contribution in [3.8, 4) is 0 Å². The van der Waals surface area contributed by atoms with Gasteiger partial charge in [0.05, 0.1) is 0 Å². The van der Waals surface area contributed by atoms with Gasteiger partial charge in [-0.2, -0.15) is 0 Å². The Morgan fingerprint density at radius 2 is 1.94 bits per heavy atom. The van der Waals surface area contributed by atoms with Gasteiger partial charge in [-0.3, -0.25) is 4.98 Å². The van der Waals surface area contributed by atoms with Gasteiger partial charge in [0.25, 0.3) is 0 Å². The maximum Gasteiger partial charge on any atom is 0.0410 e. The van der Waals surface area contributed by atoms with Crippen LogP contribution in [0.25, 0.3) is 0 Å². The molecule has 2 rings (SSSR count). The van der Waals surface area contributed by atoms with E-state index < -0.39 is 0 Å².